The molecular formula is C37H39F3N6O4. The first kappa shape index (κ1) is 34.0. The summed E-state index contributed by atoms with van der Waals surface area (Å²) in [5, 5.41) is 0.951. The van der Waals surface area contributed by atoms with Crippen molar-refractivity contribution in [1.82, 2.24) is 19.9 Å². The minimum atomic E-state index is -0.945. The van der Waals surface area contributed by atoms with Gasteiger partial charge in [-0.05, 0) is 55.3 Å². The van der Waals surface area contributed by atoms with Crippen molar-refractivity contribution in [2.45, 2.75) is 57.3 Å². The summed E-state index contributed by atoms with van der Waals surface area (Å²) >= 11 is 0. The van der Waals surface area contributed by atoms with Crippen LogP contribution >= 0.6 is 0 Å². The van der Waals surface area contributed by atoms with Crippen LogP contribution in [0.5, 0.6) is 11.8 Å². The number of aromatic nitrogens is 3. The number of benzene rings is 2. The van der Waals surface area contributed by atoms with Gasteiger partial charge in [0.25, 0.3) is 0 Å². The molecule has 0 amide bonds. The number of anilines is 1. The van der Waals surface area contributed by atoms with Crippen LogP contribution in [-0.2, 0) is 9.53 Å². The molecule has 0 unspecified atom stereocenters. The molecular weight excluding hydrogens is 649 g/mol. The summed E-state index contributed by atoms with van der Waals surface area (Å²) in [4.78, 5) is 30.8. The highest BCUT2D eigenvalue weighted by Crippen LogP contribution is 2.42. The molecule has 5 heterocycles. The molecule has 13 heteroatoms. The van der Waals surface area contributed by atoms with E-state index in [4.69, 9.17) is 31.4 Å². The average Bonchev–Trinajstić information content (AvgIpc) is 3.48. The highest BCUT2D eigenvalue weighted by Gasteiger charge is 2.49. The summed E-state index contributed by atoms with van der Waals surface area (Å²) in [5.74, 6) is 0.475. The Morgan fingerprint density at radius 3 is 2.82 bits per heavy atom. The quantitative estimate of drug-likeness (QED) is 0.151. The fraction of sp³-hybridized carbons (Fsp3) is 0.459. The van der Waals surface area contributed by atoms with E-state index in [9.17, 15) is 9.18 Å². The fourth-order valence-corrected chi connectivity index (χ4v) is 7.38. The van der Waals surface area contributed by atoms with Gasteiger partial charge in [-0.25, -0.2) is 18.0 Å². The van der Waals surface area contributed by atoms with Crippen molar-refractivity contribution in [3.05, 3.63) is 47.7 Å². The minimum Gasteiger partial charge on any atom is -0.461 e. The Morgan fingerprint density at radius 2 is 2.02 bits per heavy atom. The van der Waals surface area contributed by atoms with Gasteiger partial charge in [0.2, 0.25) is 0 Å². The molecule has 3 fully saturated rings. The smallest absolute Gasteiger partial charge is 0.328 e. The second-order valence-corrected chi connectivity index (χ2v) is 13.7. The molecule has 4 aromatic rings. The van der Waals surface area contributed by atoms with Gasteiger partial charge in [0.15, 0.2) is 5.82 Å². The Morgan fingerprint density at radius 1 is 1.18 bits per heavy atom. The number of esters is 1. The Balaban J connectivity index is 1.38. The lowest BCUT2D eigenvalue weighted by molar-refractivity contribution is -0.136. The summed E-state index contributed by atoms with van der Waals surface area (Å²) < 4.78 is 64.2. The van der Waals surface area contributed by atoms with Crippen molar-refractivity contribution in [3.63, 3.8) is 0 Å². The van der Waals surface area contributed by atoms with Crippen molar-refractivity contribution < 1.29 is 32.2 Å². The van der Waals surface area contributed by atoms with E-state index < -0.39 is 35.4 Å². The largest absolute Gasteiger partial charge is 0.461 e. The van der Waals surface area contributed by atoms with Gasteiger partial charge in [-0.3, -0.25) is 9.88 Å². The number of alkyl halides is 1. The minimum absolute atomic E-state index is 0.0529. The summed E-state index contributed by atoms with van der Waals surface area (Å²) in [6.45, 7) is 6.99. The van der Waals surface area contributed by atoms with Gasteiger partial charge in [0.1, 0.15) is 47.4 Å². The van der Waals surface area contributed by atoms with E-state index in [1.165, 1.54) is 30.5 Å². The predicted octanol–water partition coefficient (Wildman–Crippen LogP) is 5.18. The maximum absolute atomic E-state index is 17.1. The Hall–Kier alpha value is -4.51. The van der Waals surface area contributed by atoms with Crippen LogP contribution < -0.4 is 20.1 Å². The third-order valence-electron chi connectivity index (χ3n) is 10.0. The monoisotopic (exact) mass is 688 g/mol. The Kier molecular flexibility index (Phi) is 9.28. The molecule has 3 atom stereocenters. The fourth-order valence-electron chi connectivity index (χ4n) is 7.38. The SMILES string of the molecule is C#Cc1c(F)ccc2cc(OC(=O)[C@@H](N)C(C)C)cc(-c3ncc4c(N5CCCOCC5)nc(OC[C@@]56CCCN5C[C@H](F)C6)nc4c3F)c12. The summed E-state index contributed by atoms with van der Waals surface area (Å²) in [5.41, 5.74) is 5.29. The van der Waals surface area contributed by atoms with E-state index >= 15 is 8.78 Å². The Labute approximate surface area is 288 Å². The lowest BCUT2D eigenvalue weighted by Crippen LogP contribution is -2.43. The van der Waals surface area contributed by atoms with E-state index in [0.717, 1.165) is 25.8 Å². The van der Waals surface area contributed by atoms with Crippen LogP contribution in [-0.4, -0.2) is 89.6 Å². The third kappa shape index (κ3) is 6.20. The van der Waals surface area contributed by atoms with Crippen molar-refractivity contribution in [3.8, 4) is 35.4 Å². The van der Waals surface area contributed by atoms with Gasteiger partial charge in [0.05, 0.1) is 23.1 Å². The molecule has 0 bridgehead atoms. The molecule has 2 aromatic carbocycles. The van der Waals surface area contributed by atoms with E-state index in [2.05, 4.69) is 20.8 Å². The van der Waals surface area contributed by atoms with E-state index in [1.807, 2.05) is 4.90 Å². The number of hydrogen-bond acceptors (Lipinski definition) is 10. The zero-order chi connectivity index (χ0) is 35.2. The lowest BCUT2D eigenvalue weighted by atomic mass is 9.95. The molecule has 7 rings (SSSR count). The first-order valence-electron chi connectivity index (χ1n) is 17.0. The zero-order valence-electron chi connectivity index (χ0n) is 28.1. The second-order valence-electron chi connectivity index (χ2n) is 13.7. The zero-order valence-corrected chi connectivity index (χ0v) is 28.1. The Bertz CT molecular complexity index is 2000. The summed E-state index contributed by atoms with van der Waals surface area (Å²) in [6, 6.07) is 4.63. The third-order valence-corrected chi connectivity index (χ3v) is 10.0. The van der Waals surface area contributed by atoms with E-state index in [0.29, 0.717) is 55.9 Å². The number of terminal acetylenes is 1. The van der Waals surface area contributed by atoms with Gasteiger partial charge in [-0.15, -0.1) is 6.42 Å². The molecule has 3 aliphatic rings. The van der Waals surface area contributed by atoms with Crippen LogP contribution in [0.25, 0.3) is 32.9 Å². The van der Waals surface area contributed by atoms with Gasteiger partial charge in [-0.2, -0.15) is 9.97 Å². The highest BCUT2D eigenvalue weighted by atomic mass is 19.1. The first-order valence-corrected chi connectivity index (χ1v) is 17.0. The number of ether oxygens (including phenoxy) is 3. The van der Waals surface area contributed by atoms with Crippen LogP contribution in [0.15, 0.2) is 30.5 Å². The van der Waals surface area contributed by atoms with Crippen LogP contribution in [0.3, 0.4) is 0 Å². The van der Waals surface area contributed by atoms with Crippen LogP contribution in [0.1, 0.15) is 45.1 Å². The molecule has 0 saturated carbocycles. The van der Waals surface area contributed by atoms with Gasteiger partial charge in [-0.1, -0.05) is 25.8 Å². The molecule has 262 valence electrons. The molecule has 3 aliphatic heterocycles. The molecule has 3 saturated heterocycles. The van der Waals surface area contributed by atoms with E-state index in [-0.39, 0.29) is 52.0 Å². The molecule has 0 spiro atoms. The van der Waals surface area contributed by atoms with Gasteiger partial charge in [0, 0.05) is 49.8 Å². The van der Waals surface area contributed by atoms with Gasteiger partial charge < -0.3 is 24.8 Å². The van der Waals surface area contributed by atoms with Crippen molar-refractivity contribution in [2.75, 3.05) is 50.9 Å². The number of nitrogens with two attached hydrogens (primary N) is 1. The number of carbonyl (C=O) groups excluding carboxylic acids is 1. The number of rotatable bonds is 8. The van der Waals surface area contributed by atoms with Crippen LogP contribution in [0.4, 0.5) is 19.0 Å². The molecule has 10 nitrogen and oxygen atoms in total. The number of hydrogen-bond donors (Lipinski definition) is 1. The molecule has 2 N–H and O–H groups in total. The average molecular weight is 689 g/mol. The standard InChI is InChI=1S/C37H39F3N6O4/c1-4-25-28(39)8-7-22-15-24(50-35(47)31(41)21(2)3)16-26(29(22)25)32-30(40)33-27(18-42-32)34(45-10-6-13-48-14-12-45)44-36(43-33)49-20-37-9-5-11-46(37)19-23(38)17-37/h1,7-8,15-16,18,21,23,31H,5-6,9-14,17,19-20,41H2,2-3H3/t23-,31+,37+/m1/s1. The second kappa shape index (κ2) is 13.7. The van der Waals surface area contributed by atoms with Crippen molar-refractivity contribution >= 4 is 33.5 Å². The molecule has 0 aliphatic carbocycles. The summed E-state index contributed by atoms with van der Waals surface area (Å²) in [7, 11) is 0. The summed E-state index contributed by atoms with van der Waals surface area (Å²) in [6.07, 6.45) is 9.08. The number of carbonyl (C=O) groups is 1. The molecule has 2 aromatic heterocycles. The number of nitrogens with zero attached hydrogens (tertiary/aromatic N) is 5. The predicted molar refractivity (Wildman–Crippen MR) is 183 cm³/mol. The number of pyridine rings is 1. The van der Waals surface area contributed by atoms with Crippen LogP contribution in [0, 0.1) is 29.9 Å². The van der Waals surface area contributed by atoms with Crippen LogP contribution in [0.2, 0.25) is 0 Å². The lowest BCUT2D eigenvalue weighted by Gasteiger charge is -2.31. The van der Waals surface area contributed by atoms with E-state index in [1.54, 1.807) is 13.8 Å². The van der Waals surface area contributed by atoms with Crippen molar-refractivity contribution in [2.24, 2.45) is 11.7 Å². The number of fused-ring (bicyclic) bond motifs is 3. The molecule has 50 heavy (non-hydrogen) atoms. The van der Waals surface area contributed by atoms with Gasteiger partial charge >= 0.3 is 12.0 Å². The number of halogens is 3. The van der Waals surface area contributed by atoms with Crippen molar-refractivity contribution in [1.29, 1.82) is 0 Å². The maximum Gasteiger partial charge on any atom is 0.328 e. The highest BCUT2D eigenvalue weighted by molar-refractivity contribution is 6.03. The molecule has 0 radical (unpaired) electrons. The maximum atomic E-state index is 17.1. The normalized spacial score (nSPS) is 21.7. The first-order chi connectivity index (χ1) is 24.1. The topological polar surface area (TPSA) is 116 Å².